The number of nitrogens with zero attached hydrogens (tertiary/aromatic N) is 2. The van der Waals surface area contributed by atoms with Crippen LogP contribution in [0.4, 0.5) is 0 Å². The van der Waals surface area contributed by atoms with Crippen LogP contribution in [0.15, 0.2) is 42.5 Å². The Morgan fingerprint density at radius 2 is 1.82 bits per heavy atom. The number of nitrogens with two attached hydrogens (primary N) is 1. The van der Waals surface area contributed by atoms with Gasteiger partial charge in [0, 0.05) is 61.4 Å². The average molecular weight is 532 g/mol. The van der Waals surface area contributed by atoms with E-state index in [0.717, 1.165) is 61.3 Å². The van der Waals surface area contributed by atoms with E-state index in [1.54, 1.807) is 6.07 Å². The number of pyridine rings is 1. The van der Waals surface area contributed by atoms with Gasteiger partial charge in [-0.1, -0.05) is 32.0 Å². The standard InChI is InChI=1S/C31H37N3O5/c1-4-21-6-8-24(22(5-2)16-21)27-18-29(39-23-7-9-25(30(32)36)28(35)17-23)26(20(3)33-27)19-34-12-10-31(11-13-34)37-14-15-38-31/h6-9,16-18,35H,4-5,10-15,19H2,1-3H3,(H2,32,36). The van der Waals surface area contributed by atoms with Gasteiger partial charge in [0.05, 0.1) is 24.5 Å². The molecule has 2 fully saturated rings. The van der Waals surface area contributed by atoms with E-state index in [2.05, 4.69) is 36.9 Å². The highest BCUT2D eigenvalue weighted by atomic mass is 16.7. The summed E-state index contributed by atoms with van der Waals surface area (Å²) in [6.45, 7) is 9.97. The number of benzene rings is 2. The molecule has 3 aromatic rings. The SMILES string of the molecule is CCc1ccc(-c2cc(Oc3ccc(C(N)=O)c(O)c3)c(CN3CCC4(CC3)OCCO4)c(C)n2)c(CC)c1. The molecule has 3 N–H and O–H groups in total. The van der Waals surface area contributed by atoms with E-state index >= 15 is 0 Å². The van der Waals surface area contributed by atoms with E-state index in [4.69, 9.17) is 24.9 Å². The van der Waals surface area contributed by atoms with Crippen molar-refractivity contribution in [3.63, 3.8) is 0 Å². The molecule has 0 aliphatic carbocycles. The Bertz CT molecular complexity index is 1360. The first-order valence-electron chi connectivity index (χ1n) is 13.7. The summed E-state index contributed by atoms with van der Waals surface area (Å²) in [5, 5.41) is 10.4. The Labute approximate surface area is 229 Å². The molecule has 0 radical (unpaired) electrons. The molecule has 206 valence electrons. The van der Waals surface area contributed by atoms with Crippen LogP contribution in [0.1, 0.15) is 59.4 Å². The van der Waals surface area contributed by atoms with E-state index in [0.29, 0.717) is 31.3 Å². The number of hydrogen-bond donors (Lipinski definition) is 2. The first-order chi connectivity index (χ1) is 18.8. The van der Waals surface area contributed by atoms with Gasteiger partial charge >= 0.3 is 0 Å². The predicted molar refractivity (Wildman–Crippen MR) is 149 cm³/mol. The summed E-state index contributed by atoms with van der Waals surface area (Å²) in [6.07, 6.45) is 3.51. The number of rotatable bonds is 8. The molecule has 8 nitrogen and oxygen atoms in total. The maximum absolute atomic E-state index is 11.6. The zero-order chi connectivity index (χ0) is 27.6. The third-order valence-corrected chi connectivity index (χ3v) is 7.80. The van der Waals surface area contributed by atoms with Crippen molar-refractivity contribution in [2.24, 2.45) is 5.73 Å². The third-order valence-electron chi connectivity index (χ3n) is 7.80. The molecule has 2 saturated heterocycles. The van der Waals surface area contributed by atoms with Gasteiger partial charge in [-0.05, 0) is 43.0 Å². The van der Waals surface area contributed by atoms with Crippen LogP contribution in [0, 0.1) is 6.92 Å². The number of aromatic hydroxyl groups is 1. The van der Waals surface area contributed by atoms with E-state index in [-0.39, 0.29) is 11.3 Å². The lowest BCUT2D eigenvalue weighted by molar-refractivity contribution is -0.185. The van der Waals surface area contributed by atoms with Crippen molar-refractivity contribution in [3.05, 3.63) is 70.4 Å². The summed E-state index contributed by atoms with van der Waals surface area (Å²) >= 11 is 0. The van der Waals surface area contributed by atoms with Gasteiger partial charge in [0.25, 0.3) is 5.91 Å². The Kier molecular flexibility index (Phi) is 7.88. The zero-order valence-corrected chi connectivity index (χ0v) is 23.0. The second-order valence-corrected chi connectivity index (χ2v) is 10.3. The molecule has 0 atom stereocenters. The minimum absolute atomic E-state index is 0.0522. The quantitative estimate of drug-likeness (QED) is 0.416. The summed E-state index contributed by atoms with van der Waals surface area (Å²) in [5.41, 5.74) is 11.7. The summed E-state index contributed by atoms with van der Waals surface area (Å²) < 4.78 is 18.2. The third kappa shape index (κ3) is 5.78. The fraction of sp³-hybridized carbons (Fsp3) is 0.419. The molecule has 0 unspecified atom stereocenters. The maximum atomic E-state index is 11.6. The van der Waals surface area contributed by atoms with Crippen molar-refractivity contribution in [2.75, 3.05) is 26.3 Å². The van der Waals surface area contributed by atoms with Crippen LogP contribution >= 0.6 is 0 Å². The second kappa shape index (κ2) is 11.3. The molecule has 1 amide bonds. The lowest BCUT2D eigenvalue weighted by Crippen LogP contribution is -2.44. The van der Waals surface area contributed by atoms with Crippen LogP contribution in [0.5, 0.6) is 17.2 Å². The van der Waals surface area contributed by atoms with Gasteiger partial charge in [-0.2, -0.15) is 0 Å². The smallest absolute Gasteiger partial charge is 0.252 e. The minimum Gasteiger partial charge on any atom is -0.507 e. The predicted octanol–water partition coefficient (Wildman–Crippen LogP) is 5.12. The van der Waals surface area contributed by atoms with Crippen molar-refractivity contribution in [2.45, 2.75) is 58.8 Å². The number of piperidine rings is 1. The monoisotopic (exact) mass is 531 g/mol. The highest BCUT2D eigenvalue weighted by Crippen LogP contribution is 2.37. The topological polar surface area (TPSA) is 107 Å². The van der Waals surface area contributed by atoms with Crippen molar-refractivity contribution in [1.29, 1.82) is 0 Å². The first-order valence-corrected chi connectivity index (χ1v) is 13.7. The van der Waals surface area contributed by atoms with Crippen LogP contribution in [0.2, 0.25) is 0 Å². The van der Waals surface area contributed by atoms with Crippen LogP contribution in [0.25, 0.3) is 11.3 Å². The van der Waals surface area contributed by atoms with Crippen LogP contribution in [-0.4, -0.2) is 53.0 Å². The fourth-order valence-corrected chi connectivity index (χ4v) is 5.47. The molecule has 8 heteroatoms. The van der Waals surface area contributed by atoms with Gasteiger partial charge in [-0.15, -0.1) is 0 Å². The average Bonchev–Trinajstić information content (AvgIpc) is 3.39. The number of amides is 1. The van der Waals surface area contributed by atoms with Gasteiger partial charge in [0.2, 0.25) is 0 Å². The van der Waals surface area contributed by atoms with Crippen molar-refractivity contribution < 1.29 is 24.1 Å². The number of aryl methyl sites for hydroxylation is 3. The molecular weight excluding hydrogens is 494 g/mol. The largest absolute Gasteiger partial charge is 0.507 e. The van der Waals surface area contributed by atoms with Gasteiger partial charge < -0.3 is 25.1 Å². The highest BCUT2D eigenvalue weighted by Gasteiger charge is 2.40. The maximum Gasteiger partial charge on any atom is 0.252 e. The second-order valence-electron chi connectivity index (χ2n) is 10.3. The minimum atomic E-state index is -0.692. The van der Waals surface area contributed by atoms with Crippen LogP contribution < -0.4 is 10.5 Å². The molecule has 39 heavy (non-hydrogen) atoms. The number of primary amides is 1. The molecular formula is C31H37N3O5. The zero-order valence-electron chi connectivity index (χ0n) is 23.0. The molecule has 0 saturated carbocycles. The molecule has 3 heterocycles. The van der Waals surface area contributed by atoms with Crippen LogP contribution in [-0.2, 0) is 28.9 Å². The Balaban J connectivity index is 1.50. The molecule has 5 rings (SSSR count). The number of carbonyl (C=O) groups is 1. The Morgan fingerprint density at radius 1 is 1.08 bits per heavy atom. The summed E-state index contributed by atoms with van der Waals surface area (Å²) in [7, 11) is 0. The number of likely N-dealkylation sites (tertiary alicyclic amines) is 1. The van der Waals surface area contributed by atoms with Crippen LogP contribution in [0.3, 0.4) is 0 Å². The summed E-state index contributed by atoms with van der Waals surface area (Å²) in [4.78, 5) is 19.0. The van der Waals surface area contributed by atoms with Gasteiger partial charge in [-0.3, -0.25) is 14.7 Å². The Morgan fingerprint density at radius 3 is 2.46 bits per heavy atom. The Hall–Kier alpha value is -3.46. The van der Waals surface area contributed by atoms with Crippen molar-refractivity contribution in [3.8, 4) is 28.5 Å². The summed E-state index contributed by atoms with van der Waals surface area (Å²) in [6, 6.07) is 13.1. The molecule has 2 aromatic carbocycles. The van der Waals surface area contributed by atoms with E-state index < -0.39 is 11.7 Å². The number of aromatic nitrogens is 1. The summed E-state index contributed by atoms with van der Waals surface area (Å²) in [5.74, 6) is -0.262. The van der Waals surface area contributed by atoms with E-state index in [9.17, 15) is 9.90 Å². The number of ether oxygens (including phenoxy) is 3. The van der Waals surface area contributed by atoms with Crippen molar-refractivity contribution in [1.82, 2.24) is 9.88 Å². The molecule has 2 aliphatic heterocycles. The first kappa shape index (κ1) is 27.1. The number of hydrogen-bond acceptors (Lipinski definition) is 7. The lowest BCUT2D eigenvalue weighted by atomic mass is 9.97. The molecule has 0 bridgehead atoms. The van der Waals surface area contributed by atoms with E-state index in [1.807, 2.05) is 13.0 Å². The lowest BCUT2D eigenvalue weighted by Gasteiger charge is -2.37. The molecule has 2 aliphatic rings. The molecule has 1 spiro atoms. The normalized spacial score (nSPS) is 17.0. The van der Waals surface area contributed by atoms with Crippen molar-refractivity contribution >= 4 is 5.91 Å². The van der Waals surface area contributed by atoms with Gasteiger partial charge in [-0.25, -0.2) is 0 Å². The van der Waals surface area contributed by atoms with Gasteiger partial charge in [0.1, 0.15) is 17.2 Å². The highest BCUT2D eigenvalue weighted by molar-refractivity contribution is 5.95. The molecule has 1 aromatic heterocycles. The van der Waals surface area contributed by atoms with E-state index in [1.165, 1.54) is 23.3 Å². The number of carbonyl (C=O) groups excluding carboxylic acids is 1. The fourth-order valence-electron chi connectivity index (χ4n) is 5.47. The number of phenols is 1. The van der Waals surface area contributed by atoms with Gasteiger partial charge in [0.15, 0.2) is 5.79 Å².